The van der Waals surface area contributed by atoms with Crippen LogP contribution in [0.15, 0.2) is 14.1 Å². The molecule has 2 aromatic rings. The molecule has 0 aromatic carbocycles. The van der Waals surface area contributed by atoms with Crippen LogP contribution in [-0.2, 0) is 18.8 Å². The van der Waals surface area contributed by atoms with Crippen LogP contribution in [0.4, 0.5) is 5.82 Å². The molecule has 1 aliphatic heterocycles. The average molecular weight is 388 g/mol. The van der Waals surface area contributed by atoms with Gasteiger partial charge in [-0.25, -0.2) is 4.79 Å². The molecule has 0 spiro atoms. The zero-order valence-corrected chi connectivity index (χ0v) is 16.4. The first kappa shape index (κ1) is 19.8. The highest BCUT2D eigenvalue weighted by Gasteiger charge is 2.32. The van der Waals surface area contributed by atoms with Crippen molar-refractivity contribution < 1.29 is 9.26 Å². The summed E-state index contributed by atoms with van der Waals surface area (Å²) >= 11 is 0. The molecule has 1 fully saturated rings. The Kier molecular flexibility index (Phi) is 5.65. The Morgan fingerprint density at radius 1 is 1.21 bits per heavy atom. The van der Waals surface area contributed by atoms with Crippen molar-refractivity contribution in [2.75, 3.05) is 18.5 Å². The van der Waals surface area contributed by atoms with Gasteiger partial charge in [0.25, 0.3) is 5.56 Å². The van der Waals surface area contributed by atoms with Crippen LogP contribution in [0.1, 0.15) is 55.9 Å². The maximum Gasteiger partial charge on any atom is 0.332 e. The van der Waals surface area contributed by atoms with Crippen molar-refractivity contribution in [3.05, 3.63) is 38.1 Å². The topological polar surface area (TPSA) is 128 Å². The van der Waals surface area contributed by atoms with E-state index >= 15 is 0 Å². The van der Waals surface area contributed by atoms with Gasteiger partial charge < -0.3 is 14.6 Å². The van der Waals surface area contributed by atoms with Gasteiger partial charge in [0.2, 0.25) is 5.89 Å². The Bertz CT molecular complexity index is 1010. The molecule has 3 rings (SSSR count). The second kappa shape index (κ2) is 7.98. The van der Waals surface area contributed by atoms with Crippen LogP contribution in [0.5, 0.6) is 0 Å². The summed E-state index contributed by atoms with van der Waals surface area (Å²) in [5.41, 5.74) is -1.30. The van der Waals surface area contributed by atoms with E-state index in [1.165, 1.54) is 18.7 Å². The summed E-state index contributed by atoms with van der Waals surface area (Å²) < 4.78 is 13.1. The van der Waals surface area contributed by atoms with Gasteiger partial charge in [-0.2, -0.15) is 10.2 Å². The zero-order chi connectivity index (χ0) is 20.4. The largest absolute Gasteiger partial charge is 0.381 e. The van der Waals surface area contributed by atoms with E-state index in [4.69, 9.17) is 9.26 Å². The van der Waals surface area contributed by atoms with Crippen LogP contribution in [-0.4, -0.2) is 32.5 Å². The SMILES string of the molecule is CC(C)c1noc(C(Nc2c(C#N)c(=O)n(C)c(=O)n2C)C2CCOCC2)n1. The molecule has 0 amide bonds. The number of ether oxygens (including phenoxy) is 1. The number of nitrogens with zero attached hydrogens (tertiary/aromatic N) is 5. The third kappa shape index (κ3) is 3.57. The minimum absolute atomic E-state index is 0.0833. The monoisotopic (exact) mass is 388 g/mol. The van der Waals surface area contributed by atoms with E-state index in [0.29, 0.717) is 24.9 Å². The average Bonchev–Trinajstić information content (AvgIpc) is 3.19. The molecule has 1 saturated heterocycles. The molecule has 150 valence electrons. The number of hydrogen-bond donors (Lipinski definition) is 1. The fourth-order valence-corrected chi connectivity index (χ4v) is 3.30. The molecule has 0 aliphatic carbocycles. The summed E-state index contributed by atoms with van der Waals surface area (Å²) in [5, 5.41) is 16.7. The van der Waals surface area contributed by atoms with Crippen molar-refractivity contribution in [2.24, 2.45) is 20.0 Å². The molecule has 0 radical (unpaired) electrons. The van der Waals surface area contributed by atoms with Crippen LogP contribution >= 0.6 is 0 Å². The summed E-state index contributed by atoms with van der Waals surface area (Å²) in [7, 11) is 2.86. The van der Waals surface area contributed by atoms with Gasteiger partial charge in [-0.05, 0) is 18.8 Å². The van der Waals surface area contributed by atoms with E-state index in [1.54, 1.807) is 0 Å². The van der Waals surface area contributed by atoms with E-state index in [0.717, 1.165) is 17.4 Å². The summed E-state index contributed by atoms with van der Waals surface area (Å²) in [6, 6.07) is 1.46. The first-order valence-corrected chi connectivity index (χ1v) is 9.23. The molecule has 3 heterocycles. The van der Waals surface area contributed by atoms with Crippen molar-refractivity contribution in [1.29, 1.82) is 5.26 Å². The molecule has 1 aliphatic rings. The molecule has 1 N–H and O–H groups in total. The standard InChI is InChI=1S/C18H24N6O4/c1-10(2)14-21-16(28-22-14)13(11-5-7-27-8-6-11)20-15-12(9-19)17(25)24(4)18(26)23(15)3/h10-11,13,20H,5-8H2,1-4H3. The summed E-state index contributed by atoms with van der Waals surface area (Å²) in [6.07, 6.45) is 1.50. The van der Waals surface area contributed by atoms with Crippen LogP contribution in [0.2, 0.25) is 0 Å². The smallest absolute Gasteiger partial charge is 0.332 e. The summed E-state index contributed by atoms with van der Waals surface area (Å²) in [6.45, 7) is 5.11. The van der Waals surface area contributed by atoms with Crippen molar-refractivity contribution in [2.45, 2.75) is 38.6 Å². The zero-order valence-electron chi connectivity index (χ0n) is 16.4. The molecule has 0 bridgehead atoms. The number of aromatic nitrogens is 4. The van der Waals surface area contributed by atoms with Gasteiger partial charge in [-0.1, -0.05) is 19.0 Å². The quantitative estimate of drug-likeness (QED) is 0.805. The molecule has 2 aromatic heterocycles. The molecule has 1 atom stereocenters. The van der Waals surface area contributed by atoms with Gasteiger partial charge in [0, 0.05) is 33.2 Å². The van der Waals surface area contributed by atoms with Gasteiger partial charge in [0.05, 0.1) is 0 Å². The predicted molar refractivity (Wildman–Crippen MR) is 99.9 cm³/mol. The van der Waals surface area contributed by atoms with Crippen LogP contribution < -0.4 is 16.6 Å². The molecule has 1 unspecified atom stereocenters. The Labute approximate surface area is 161 Å². The Hall–Kier alpha value is -2.93. The van der Waals surface area contributed by atoms with Crippen LogP contribution in [0.25, 0.3) is 0 Å². The van der Waals surface area contributed by atoms with Gasteiger partial charge in [0.15, 0.2) is 11.4 Å². The van der Waals surface area contributed by atoms with E-state index in [-0.39, 0.29) is 23.2 Å². The number of nitrogens with one attached hydrogen (secondary N) is 1. The lowest BCUT2D eigenvalue weighted by molar-refractivity contribution is 0.0570. The summed E-state index contributed by atoms with van der Waals surface area (Å²) in [5.74, 6) is 1.27. The Balaban J connectivity index is 2.09. The fourth-order valence-electron chi connectivity index (χ4n) is 3.30. The third-order valence-electron chi connectivity index (χ3n) is 5.05. The second-order valence-corrected chi connectivity index (χ2v) is 7.26. The van der Waals surface area contributed by atoms with Gasteiger partial charge in [-0.15, -0.1) is 0 Å². The molecular formula is C18H24N6O4. The Morgan fingerprint density at radius 2 is 1.89 bits per heavy atom. The number of hydrogen-bond acceptors (Lipinski definition) is 8. The van der Waals surface area contributed by atoms with Crippen molar-refractivity contribution in [3.8, 4) is 6.07 Å². The van der Waals surface area contributed by atoms with E-state index in [2.05, 4.69) is 15.5 Å². The van der Waals surface area contributed by atoms with Crippen molar-refractivity contribution in [1.82, 2.24) is 19.3 Å². The molecular weight excluding hydrogens is 364 g/mol. The number of rotatable bonds is 5. The first-order chi connectivity index (χ1) is 13.3. The number of nitriles is 1. The summed E-state index contributed by atoms with van der Waals surface area (Å²) in [4.78, 5) is 29.3. The van der Waals surface area contributed by atoms with E-state index in [9.17, 15) is 14.9 Å². The van der Waals surface area contributed by atoms with Gasteiger partial charge in [-0.3, -0.25) is 13.9 Å². The lowest BCUT2D eigenvalue weighted by atomic mass is 9.91. The van der Waals surface area contributed by atoms with Crippen LogP contribution in [0, 0.1) is 17.2 Å². The van der Waals surface area contributed by atoms with Gasteiger partial charge >= 0.3 is 5.69 Å². The highest BCUT2D eigenvalue weighted by Crippen LogP contribution is 2.33. The highest BCUT2D eigenvalue weighted by atomic mass is 16.5. The molecule has 10 nitrogen and oxygen atoms in total. The lowest BCUT2D eigenvalue weighted by Gasteiger charge is -2.30. The normalized spacial score (nSPS) is 16.1. The maximum absolute atomic E-state index is 12.4. The Morgan fingerprint density at radius 3 is 2.46 bits per heavy atom. The molecule has 10 heteroatoms. The van der Waals surface area contributed by atoms with E-state index in [1.807, 2.05) is 19.9 Å². The van der Waals surface area contributed by atoms with Crippen LogP contribution in [0.3, 0.4) is 0 Å². The van der Waals surface area contributed by atoms with Crippen molar-refractivity contribution in [3.63, 3.8) is 0 Å². The predicted octanol–water partition coefficient (Wildman–Crippen LogP) is 1.04. The number of anilines is 1. The fraction of sp³-hybridized carbons (Fsp3) is 0.611. The first-order valence-electron chi connectivity index (χ1n) is 9.23. The molecule has 28 heavy (non-hydrogen) atoms. The van der Waals surface area contributed by atoms with Crippen molar-refractivity contribution >= 4 is 5.82 Å². The second-order valence-electron chi connectivity index (χ2n) is 7.26. The minimum atomic E-state index is -0.646. The maximum atomic E-state index is 12.4. The third-order valence-corrected chi connectivity index (χ3v) is 5.05. The van der Waals surface area contributed by atoms with Gasteiger partial charge in [0.1, 0.15) is 17.9 Å². The highest BCUT2D eigenvalue weighted by molar-refractivity contribution is 5.52. The minimum Gasteiger partial charge on any atom is -0.381 e. The molecule has 0 saturated carbocycles. The van der Waals surface area contributed by atoms with E-state index < -0.39 is 17.3 Å². The lowest BCUT2D eigenvalue weighted by Crippen LogP contribution is -2.41.